The zero-order valence-corrected chi connectivity index (χ0v) is 12.5. The van der Waals surface area contributed by atoms with Crippen LogP contribution in [0.4, 0.5) is 0 Å². The first-order valence-electron chi connectivity index (χ1n) is 6.47. The van der Waals surface area contributed by atoms with E-state index in [1.807, 2.05) is 32.9 Å². The number of benzene rings is 1. The third kappa shape index (κ3) is 5.59. The topological polar surface area (TPSA) is 81.8 Å². The van der Waals surface area contributed by atoms with Crippen molar-refractivity contribution in [3.8, 4) is 5.75 Å². The average molecular weight is 281 g/mol. The third-order valence-electron chi connectivity index (χ3n) is 2.56. The largest absolute Gasteiger partial charge is 0.497 e. The van der Waals surface area contributed by atoms with Crippen molar-refractivity contribution in [2.24, 2.45) is 5.73 Å². The van der Waals surface area contributed by atoms with E-state index in [0.717, 1.165) is 5.56 Å². The molecule has 0 spiro atoms. The quantitative estimate of drug-likeness (QED) is 0.776. The van der Waals surface area contributed by atoms with Crippen molar-refractivity contribution in [2.75, 3.05) is 7.11 Å². The summed E-state index contributed by atoms with van der Waals surface area (Å²) >= 11 is 0. The van der Waals surface area contributed by atoms with Gasteiger partial charge in [-0.2, -0.15) is 0 Å². The Hall–Kier alpha value is -1.59. The van der Waals surface area contributed by atoms with Crippen molar-refractivity contribution in [3.63, 3.8) is 0 Å². The molecule has 1 aromatic rings. The van der Waals surface area contributed by atoms with E-state index in [0.29, 0.717) is 5.75 Å². The summed E-state index contributed by atoms with van der Waals surface area (Å²) < 4.78 is 10.8. The highest BCUT2D eigenvalue weighted by Crippen LogP contribution is 2.26. The zero-order valence-electron chi connectivity index (χ0n) is 12.5. The fourth-order valence-corrected chi connectivity index (χ4v) is 2.08. The summed E-state index contributed by atoms with van der Waals surface area (Å²) in [6, 6.07) is 7.25. The maximum atomic E-state index is 11.2. The van der Waals surface area contributed by atoms with Crippen LogP contribution in [0.15, 0.2) is 24.3 Å². The molecule has 1 rings (SSSR count). The molecule has 1 amide bonds. The molecular weight excluding hydrogens is 258 g/mol. The molecule has 0 saturated carbocycles. The number of carbonyl (C=O) groups is 1. The van der Waals surface area contributed by atoms with Gasteiger partial charge in [-0.05, 0) is 38.5 Å². The van der Waals surface area contributed by atoms with Crippen molar-refractivity contribution >= 4 is 5.91 Å². The van der Waals surface area contributed by atoms with Crippen LogP contribution in [0.1, 0.15) is 32.8 Å². The van der Waals surface area contributed by atoms with Gasteiger partial charge in [0.05, 0.1) is 19.1 Å². The number of methoxy groups -OCH3 is 1. The molecule has 1 atom stereocenters. The number of hydrogen-bond donors (Lipinski definition) is 2. The molecule has 5 heteroatoms. The highest BCUT2D eigenvalue weighted by atomic mass is 16.6. The van der Waals surface area contributed by atoms with Gasteiger partial charge in [-0.3, -0.25) is 4.79 Å². The van der Waals surface area contributed by atoms with Crippen LogP contribution in [0.2, 0.25) is 0 Å². The van der Waals surface area contributed by atoms with E-state index in [1.54, 1.807) is 19.2 Å². The summed E-state index contributed by atoms with van der Waals surface area (Å²) in [6.07, 6.45) is -0.105. The molecule has 1 aromatic carbocycles. The fraction of sp³-hybridized carbons (Fsp3) is 0.533. The first-order valence-corrected chi connectivity index (χ1v) is 6.47. The Bertz CT molecular complexity index is 467. The van der Waals surface area contributed by atoms with E-state index in [2.05, 4.69) is 0 Å². The normalized spacial score (nSPS) is 14.7. The zero-order chi connectivity index (χ0) is 15.4. The first-order chi connectivity index (χ1) is 9.13. The molecule has 0 bridgehead atoms. The lowest BCUT2D eigenvalue weighted by Crippen LogP contribution is -2.44. The maximum absolute atomic E-state index is 11.2. The number of carbonyl (C=O) groups excluding carboxylic acids is 1. The Morgan fingerprint density at radius 2 is 2.00 bits per heavy atom. The minimum absolute atomic E-state index is 0.157. The van der Waals surface area contributed by atoms with Gasteiger partial charge in [0, 0.05) is 6.42 Å². The molecule has 0 radical (unpaired) electrons. The first kappa shape index (κ1) is 16.5. The minimum Gasteiger partial charge on any atom is -0.497 e. The summed E-state index contributed by atoms with van der Waals surface area (Å²) in [5.74, 6) is -1.56. The summed E-state index contributed by atoms with van der Waals surface area (Å²) in [7, 11) is 1.57. The van der Waals surface area contributed by atoms with Crippen molar-refractivity contribution in [2.45, 2.75) is 45.0 Å². The van der Waals surface area contributed by atoms with Crippen molar-refractivity contribution < 1.29 is 19.4 Å². The van der Waals surface area contributed by atoms with Crippen LogP contribution in [0.25, 0.3) is 0 Å². The van der Waals surface area contributed by atoms with Crippen molar-refractivity contribution in [3.05, 3.63) is 29.8 Å². The molecule has 0 aromatic heterocycles. The van der Waals surface area contributed by atoms with Crippen LogP contribution in [-0.2, 0) is 16.0 Å². The third-order valence-corrected chi connectivity index (χ3v) is 2.56. The van der Waals surface area contributed by atoms with Crippen LogP contribution in [0.3, 0.4) is 0 Å². The molecule has 0 aliphatic heterocycles. The Morgan fingerprint density at radius 1 is 1.35 bits per heavy atom. The Labute approximate surface area is 119 Å². The number of ether oxygens (including phenoxy) is 2. The molecule has 3 N–H and O–H groups in total. The number of primary amides is 1. The SMILES string of the molecule is COc1cccc(CC(O)(CC(N)=O)OC(C)(C)C)c1. The summed E-state index contributed by atoms with van der Waals surface area (Å²) in [4.78, 5) is 11.2. The van der Waals surface area contributed by atoms with Crippen LogP contribution in [-0.4, -0.2) is 29.5 Å². The van der Waals surface area contributed by atoms with Gasteiger partial charge in [-0.25, -0.2) is 0 Å². The number of rotatable bonds is 6. The van der Waals surface area contributed by atoms with Gasteiger partial charge in [-0.15, -0.1) is 0 Å². The number of nitrogens with two attached hydrogens (primary N) is 1. The summed E-state index contributed by atoms with van der Waals surface area (Å²) in [5, 5.41) is 10.6. The minimum atomic E-state index is -1.63. The average Bonchev–Trinajstić information content (AvgIpc) is 2.24. The lowest BCUT2D eigenvalue weighted by atomic mass is 10.00. The van der Waals surface area contributed by atoms with E-state index >= 15 is 0 Å². The van der Waals surface area contributed by atoms with Crippen LogP contribution in [0, 0.1) is 0 Å². The van der Waals surface area contributed by atoms with Crippen LogP contribution >= 0.6 is 0 Å². The van der Waals surface area contributed by atoms with E-state index in [-0.39, 0.29) is 12.8 Å². The predicted molar refractivity (Wildman–Crippen MR) is 76.3 cm³/mol. The van der Waals surface area contributed by atoms with E-state index < -0.39 is 17.3 Å². The Morgan fingerprint density at radius 3 is 2.50 bits per heavy atom. The van der Waals surface area contributed by atoms with Gasteiger partial charge >= 0.3 is 0 Å². The van der Waals surface area contributed by atoms with Gasteiger partial charge in [0.2, 0.25) is 5.91 Å². The molecule has 5 nitrogen and oxygen atoms in total. The second-order valence-corrected chi connectivity index (χ2v) is 5.83. The molecule has 20 heavy (non-hydrogen) atoms. The second kappa shape index (κ2) is 6.24. The van der Waals surface area contributed by atoms with Gasteiger partial charge in [0.1, 0.15) is 5.75 Å². The second-order valence-electron chi connectivity index (χ2n) is 5.83. The standard InChI is InChI=1S/C15H23NO4/c1-14(2,3)20-15(18,10-13(16)17)9-11-6-5-7-12(8-11)19-4/h5-8,18H,9-10H2,1-4H3,(H2,16,17). The molecule has 1 unspecified atom stereocenters. The summed E-state index contributed by atoms with van der Waals surface area (Å²) in [5.41, 5.74) is 5.41. The molecule has 0 heterocycles. The van der Waals surface area contributed by atoms with E-state index in [1.165, 1.54) is 0 Å². The molecule has 0 fully saturated rings. The Kier molecular flexibility index (Phi) is 5.14. The van der Waals surface area contributed by atoms with E-state index in [9.17, 15) is 9.90 Å². The smallest absolute Gasteiger partial charge is 0.222 e. The summed E-state index contributed by atoms with van der Waals surface area (Å²) in [6.45, 7) is 5.43. The number of amides is 1. The number of hydrogen-bond acceptors (Lipinski definition) is 4. The molecule has 0 saturated heterocycles. The highest BCUT2D eigenvalue weighted by Gasteiger charge is 2.35. The van der Waals surface area contributed by atoms with Gasteiger partial charge in [0.15, 0.2) is 5.79 Å². The monoisotopic (exact) mass is 281 g/mol. The van der Waals surface area contributed by atoms with Gasteiger partial charge in [-0.1, -0.05) is 12.1 Å². The highest BCUT2D eigenvalue weighted by molar-refractivity contribution is 5.74. The molecule has 0 aliphatic carbocycles. The van der Waals surface area contributed by atoms with Gasteiger partial charge < -0.3 is 20.3 Å². The van der Waals surface area contributed by atoms with Crippen LogP contribution < -0.4 is 10.5 Å². The molecule has 112 valence electrons. The van der Waals surface area contributed by atoms with Crippen LogP contribution in [0.5, 0.6) is 5.75 Å². The van der Waals surface area contributed by atoms with E-state index in [4.69, 9.17) is 15.2 Å². The van der Waals surface area contributed by atoms with Crippen molar-refractivity contribution in [1.82, 2.24) is 0 Å². The maximum Gasteiger partial charge on any atom is 0.222 e. The fourth-order valence-electron chi connectivity index (χ4n) is 2.08. The molecule has 0 aliphatic rings. The molecular formula is C15H23NO4. The van der Waals surface area contributed by atoms with Gasteiger partial charge in [0.25, 0.3) is 0 Å². The number of aliphatic hydroxyl groups is 1. The lowest BCUT2D eigenvalue weighted by Gasteiger charge is -2.34. The predicted octanol–water partition coefficient (Wildman–Crippen LogP) is 1.62. The van der Waals surface area contributed by atoms with Crippen molar-refractivity contribution in [1.29, 1.82) is 0 Å². The lowest BCUT2D eigenvalue weighted by molar-refractivity contribution is -0.251. The Balaban J connectivity index is 2.96.